The zero-order valence-electron chi connectivity index (χ0n) is 12.0. The molecule has 2 rings (SSSR count). The Balaban J connectivity index is 2.63. The third-order valence-electron chi connectivity index (χ3n) is 3.94. The molecule has 1 aromatic rings. The summed E-state index contributed by atoms with van der Waals surface area (Å²) in [6.07, 6.45) is 2.37. The predicted molar refractivity (Wildman–Crippen MR) is 77.6 cm³/mol. The number of phenols is 1. The third kappa shape index (κ3) is 2.14. The summed E-state index contributed by atoms with van der Waals surface area (Å²) in [5.74, 6) is 0.387. The summed E-state index contributed by atoms with van der Waals surface area (Å²) in [5.41, 5.74) is 2.97. The molecule has 1 aliphatic rings. The van der Waals surface area contributed by atoms with Crippen LogP contribution in [0.2, 0.25) is 0 Å². The van der Waals surface area contributed by atoms with Crippen LogP contribution in [0.25, 0.3) is 0 Å². The highest BCUT2D eigenvalue weighted by Gasteiger charge is 2.36. The van der Waals surface area contributed by atoms with Gasteiger partial charge in [0, 0.05) is 22.5 Å². The van der Waals surface area contributed by atoms with E-state index in [1.807, 2.05) is 39.8 Å². The predicted octanol–water partition coefficient (Wildman–Crippen LogP) is 3.51. The first-order valence-electron chi connectivity index (χ1n) is 6.57. The molecule has 0 saturated carbocycles. The van der Waals surface area contributed by atoms with Gasteiger partial charge in [0.1, 0.15) is 5.75 Å². The normalized spacial score (nSPS) is 18.4. The van der Waals surface area contributed by atoms with E-state index in [-0.39, 0.29) is 11.8 Å². The summed E-state index contributed by atoms with van der Waals surface area (Å²) < 4.78 is 0. The van der Waals surface area contributed by atoms with Gasteiger partial charge in [-0.05, 0) is 25.0 Å². The minimum Gasteiger partial charge on any atom is -0.507 e. The van der Waals surface area contributed by atoms with Crippen molar-refractivity contribution < 1.29 is 9.90 Å². The summed E-state index contributed by atoms with van der Waals surface area (Å²) in [4.78, 5) is 12.0. The van der Waals surface area contributed by atoms with Crippen molar-refractivity contribution in [3.05, 3.63) is 35.4 Å². The smallest absolute Gasteiger partial charge is 0.230 e. The second-order valence-corrected chi connectivity index (χ2v) is 6.02. The number of phenolic OH excluding ortho intramolecular Hbond substituents is 1. The van der Waals surface area contributed by atoms with E-state index in [4.69, 9.17) is 0 Å². The van der Waals surface area contributed by atoms with Gasteiger partial charge in [0.15, 0.2) is 0 Å². The Bertz CT molecular complexity index is 558. The summed E-state index contributed by atoms with van der Waals surface area (Å²) in [6, 6.07) is 1.93. The number of carbonyl (C=O) groups excluding carboxylic acids is 1. The van der Waals surface area contributed by atoms with Gasteiger partial charge in [0.25, 0.3) is 0 Å². The molecular weight excluding hydrogens is 238 g/mol. The monoisotopic (exact) mass is 259 g/mol. The number of aromatic hydroxyl groups is 1. The van der Waals surface area contributed by atoms with E-state index >= 15 is 0 Å². The number of allylic oxidation sites excluding steroid dienone is 1. The van der Waals surface area contributed by atoms with Crippen molar-refractivity contribution in [1.82, 2.24) is 0 Å². The number of nitrogens with one attached hydrogen (secondary N) is 1. The van der Waals surface area contributed by atoms with E-state index in [0.29, 0.717) is 12.2 Å². The van der Waals surface area contributed by atoms with Crippen LogP contribution in [0.1, 0.15) is 43.4 Å². The molecule has 0 bridgehead atoms. The van der Waals surface area contributed by atoms with Gasteiger partial charge < -0.3 is 10.4 Å². The van der Waals surface area contributed by atoms with Crippen LogP contribution >= 0.6 is 0 Å². The van der Waals surface area contributed by atoms with Gasteiger partial charge in [0.05, 0.1) is 5.69 Å². The van der Waals surface area contributed by atoms with Crippen molar-refractivity contribution in [2.45, 2.75) is 40.0 Å². The minimum absolute atomic E-state index is 0.00650. The SMILES string of the molecule is C=CC(C)c1cc(C)c2c(c1O)CC(C)(C)C(=O)N2. The molecule has 0 aliphatic carbocycles. The molecule has 0 radical (unpaired) electrons. The molecule has 1 unspecified atom stereocenters. The fraction of sp³-hybridized carbons (Fsp3) is 0.438. The van der Waals surface area contributed by atoms with Crippen LogP contribution in [-0.2, 0) is 11.2 Å². The van der Waals surface area contributed by atoms with E-state index in [2.05, 4.69) is 11.9 Å². The van der Waals surface area contributed by atoms with Crippen molar-refractivity contribution in [3.8, 4) is 5.75 Å². The van der Waals surface area contributed by atoms with Gasteiger partial charge in [-0.15, -0.1) is 6.58 Å². The Kier molecular flexibility index (Phi) is 3.17. The van der Waals surface area contributed by atoms with Crippen molar-refractivity contribution in [2.75, 3.05) is 5.32 Å². The van der Waals surface area contributed by atoms with Crippen LogP contribution in [0.3, 0.4) is 0 Å². The summed E-state index contributed by atoms with van der Waals surface area (Å²) in [5, 5.41) is 13.4. The van der Waals surface area contributed by atoms with Crippen LogP contribution in [0.4, 0.5) is 5.69 Å². The fourth-order valence-electron chi connectivity index (χ4n) is 2.53. The third-order valence-corrected chi connectivity index (χ3v) is 3.94. The van der Waals surface area contributed by atoms with Gasteiger partial charge in [-0.1, -0.05) is 26.8 Å². The maximum absolute atomic E-state index is 12.0. The molecule has 3 nitrogen and oxygen atoms in total. The lowest BCUT2D eigenvalue weighted by Gasteiger charge is -2.33. The zero-order chi connectivity index (χ0) is 14.4. The van der Waals surface area contributed by atoms with E-state index < -0.39 is 5.41 Å². The van der Waals surface area contributed by atoms with Crippen LogP contribution in [0.5, 0.6) is 5.75 Å². The quantitative estimate of drug-likeness (QED) is 0.798. The average molecular weight is 259 g/mol. The van der Waals surface area contributed by atoms with Gasteiger partial charge in [-0.25, -0.2) is 0 Å². The summed E-state index contributed by atoms with van der Waals surface area (Å²) in [6.45, 7) is 11.5. The van der Waals surface area contributed by atoms with Crippen molar-refractivity contribution >= 4 is 11.6 Å². The molecule has 3 heteroatoms. The topological polar surface area (TPSA) is 49.3 Å². The number of hydrogen-bond acceptors (Lipinski definition) is 2. The first-order chi connectivity index (χ1) is 8.77. The number of amides is 1. The molecule has 1 aliphatic heterocycles. The van der Waals surface area contributed by atoms with Gasteiger partial charge in [-0.3, -0.25) is 4.79 Å². The molecule has 0 fully saturated rings. The lowest BCUT2D eigenvalue weighted by Crippen LogP contribution is -2.37. The molecular formula is C16H21NO2. The largest absolute Gasteiger partial charge is 0.507 e. The van der Waals surface area contributed by atoms with Crippen LogP contribution in [-0.4, -0.2) is 11.0 Å². The van der Waals surface area contributed by atoms with Crippen LogP contribution in [0.15, 0.2) is 18.7 Å². The van der Waals surface area contributed by atoms with Crippen LogP contribution < -0.4 is 5.32 Å². The van der Waals surface area contributed by atoms with Gasteiger partial charge >= 0.3 is 0 Å². The highest BCUT2D eigenvalue weighted by molar-refractivity contribution is 5.99. The second-order valence-electron chi connectivity index (χ2n) is 6.02. The van der Waals surface area contributed by atoms with E-state index in [9.17, 15) is 9.90 Å². The maximum Gasteiger partial charge on any atom is 0.230 e. The number of carbonyl (C=O) groups is 1. The van der Waals surface area contributed by atoms with E-state index in [1.54, 1.807) is 0 Å². The number of hydrogen-bond donors (Lipinski definition) is 2. The van der Waals surface area contributed by atoms with Gasteiger partial charge in [-0.2, -0.15) is 0 Å². The lowest BCUT2D eigenvalue weighted by atomic mass is 9.78. The number of aryl methyl sites for hydroxylation is 1. The molecule has 0 spiro atoms. The highest BCUT2D eigenvalue weighted by Crippen LogP contribution is 2.43. The Morgan fingerprint density at radius 2 is 2.16 bits per heavy atom. The highest BCUT2D eigenvalue weighted by atomic mass is 16.3. The first-order valence-corrected chi connectivity index (χ1v) is 6.57. The molecule has 1 amide bonds. The Labute approximate surface area is 114 Å². The Hall–Kier alpha value is -1.77. The van der Waals surface area contributed by atoms with E-state index in [1.165, 1.54) is 0 Å². The molecule has 19 heavy (non-hydrogen) atoms. The lowest BCUT2D eigenvalue weighted by molar-refractivity contribution is -0.124. The van der Waals surface area contributed by atoms with E-state index in [0.717, 1.165) is 22.4 Å². The molecule has 0 saturated heterocycles. The summed E-state index contributed by atoms with van der Waals surface area (Å²) in [7, 11) is 0. The molecule has 102 valence electrons. The minimum atomic E-state index is -0.493. The standard InChI is InChI=1S/C16H21NO2/c1-6-9(2)11-7-10(3)13-12(14(11)18)8-16(4,5)15(19)17-13/h6-7,9,18H,1,8H2,2-5H3,(H,17,19). The first kappa shape index (κ1) is 13.7. The molecule has 1 heterocycles. The van der Waals surface area contributed by atoms with Crippen molar-refractivity contribution in [3.63, 3.8) is 0 Å². The second kappa shape index (κ2) is 4.41. The van der Waals surface area contributed by atoms with Crippen LogP contribution in [0, 0.1) is 12.3 Å². The number of fused-ring (bicyclic) bond motifs is 1. The average Bonchev–Trinajstić information content (AvgIpc) is 2.35. The fourth-order valence-corrected chi connectivity index (χ4v) is 2.53. The number of benzene rings is 1. The molecule has 1 aromatic carbocycles. The van der Waals surface area contributed by atoms with Gasteiger partial charge in [0.2, 0.25) is 5.91 Å². The Morgan fingerprint density at radius 1 is 1.53 bits per heavy atom. The number of anilines is 1. The zero-order valence-corrected chi connectivity index (χ0v) is 12.0. The maximum atomic E-state index is 12.0. The molecule has 2 N–H and O–H groups in total. The molecule has 0 aromatic heterocycles. The Morgan fingerprint density at radius 3 is 2.74 bits per heavy atom. The summed E-state index contributed by atoms with van der Waals surface area (Å²) >= 11 is 0. The van der Waals surface area contributed by atoms with Crippen molar-refractivity contribution in [1.29, 1.82) is 0 Å². The molecule has 1 atom stereocenters. The number of rotatable bonds is 2. The van der Waals surface area contributed by atoms with Crippen molar-refractivity contribution in [2.24, 2.45) is 5.41 Å².